The Kier molecular flexibility index (Phi) is 3.91. The van der Waals surface area contributed by atoms with Crippen LogP contribution in [0.5, 0.6) is 0 Å². The molecule has 1 N–H and O–H groups in total. The second-order valence-electron chi connectivity index (χ2n) is 4.63. The minimum absolute atomic E-state index is 0.0273. The third kappa shape index (κ3) is 2.71. The Morgan fingerprint density at radius 2 is 1.90 bits per heavy atom. The van der Waals surface area contributed by atoms with Gasteiger partial charge in [-0.3, -0.25) is 13.9 Å². The van der Waals surface area contributed by atoms with Crippen LogP contribution in [-0.2, 0) is 19.8 Å². The first-order valence-corrected chi connectivity index (χ1v) is 6.22. The van der Waals surface area contributed by atoms with Gasteiger partial charge in [0, 0.05) is 20.1 Å². The maximum Gasteiger partial charge on any atom is 0.416 e. The number of nitrogens with zero attached hydrogens (tertiary/aromatic N) is 2. The second-order valence-corrected chi connectivity index (χ2v) is 4.63. The molecule has 0 fully saturated rings. The van der Waals surface area contributed by atoms with Crippen LogP contribution >= 0.6 is 0 Å². The molecule has 2 aromatic rings. The molecule has 1 heterocycles. The van der Waals surface area contributed by atoms with Crippen LogP contribution in [0.2, 0.25) is 0 Å². The van der Waals surface area contributed by atoms with Gasteiger partial charge in [0.25, 0.3) is 5.56 Å². The molecule has 2 rings (SSSR count). The first-order chi connectivity index (χ1) is 9.77. The molecule has 0 spiro atoms. The van der Waals surface area contributed by atoms with Crippen LogP contribution in [0, 0.1) is 0 Å². The van der Waals surface area contributed by atoms with Crippen molar-refractivity contribution in [2.45, 2.75) is 12.7 Å². The van der Waals surface area contributed by atoms with Crippen LogP contribution in [-0.4, -0.2) is 22.7 Å². The predicted octanol–water partition coefficient (Wildman–Crippen LogP) is 0.938. The van der Waals surface area contributed by atoms with E-state index >= 15 is 0 Å². The standard InChI is InChI=1S/C13H14F3N3O2/c1-17-5-6-19-11(20)9-4-3-8(13(14,15)16)7-10(9)18(2)12(19)21/h3-4,7,17H,5-6H2,1-2H3. The zero-order valence-corrected chi connectivity index (χ0v) is 11.5. The van der Waals surface area contributed by atoms with Gasteiger partial charge >= 0.3 is 11.9 Å². The van der Waals surface area contributed by atoms with Gasteiger partial charge in [-0.05, 0) is 25.2 Å². The lowest BCUT2D eigenvalue weighted by Gasteiger charge is -2.12. The minimum Gasteiger partial charge on any atom is -0.318 e. The summed E-state index contributed by atoms with van der Waals surface area (Å²) < 4.78 is 40.2. The van der Waals surface area contributed by atoms with Gasteiger partial charge in [0.1, 0.15) is 0 Å². The summed E-state index contributed by atoms with van der Waals surface area (Å²) in [5.41, 5.74) is -2.14. The van der Waals surface area contributed by atoms with Crippen LogP contribution in [0.4, 0.5) is 13.2 Å². The average molecular weight is 301 g/mol. The van der Waals surface area contributed by atoms with E-state index in [1.807, 2.05) is 0 Å². The van der Waals surface area contributed by atoms with Crippen LogP contribution in [0.25, 0.3) is 10.9 Å². The van der Waals surface area contributed by atoms with Crippen molar-refractivity contribution in [1.29, 1.82) is 0 Å². The third-order valence-corrected chi connectivity index (χ3v) is 3.27. The monoisotopic (exact) mass is 301 g/mol. The number of aromatic nitrogens is 2. The average Bonchev–Trinajstić information content (AvgIpc) is 2.43. The Labute approximate surface area is 117 Å². The number of hydrogen-bond donors (Lipinski definition) is 1. The molecule has 0 atom stereocenters. The molecule has 0 saturated heterocycles. The molecule has 1 aromatic carbocycles. The van der Waals surface area contributed by atoms with Gasteiger partial charge in [-0.1, -0.05) is 0 Å². The number of likely N-dealkylation sites (N-methyl/N-ethyl adjacent to an activating group) is 1. The summed E-state index contributed by atoms with van der Waals surface area (Å²) in [6, 6.07) is 2.77. The Balaban J connectivity index is 2.76. The maximum absolute atomic E-state index is 12.7. The molecule has 0 unspecified atom stereocenters. The van der Waals surface area contributed by atoms with Gasteiger partial charge in [-0.2, -0.15) is 13.2 Å². The lowest BCUT2D eigenvalue weighted by Crippen LogP contribution is -2.41. The number of nitrogens with one attached hydrogen (secondary N) is 1. The lowest BCUT2D eigenvalue weighted by atomic mass is 10.1. The molecule has 8 heteroatoms. The summed E-state index contributed by atoms with van der Waals surface area (Å²) in [6.07, 6.45) is -4.52. The van der Waals surface area contributed by atoms with E-state index in [9.17, 15) is 22.8 Å². The van der Waals surface area contributed by atoms with E-state index in [-0.39, 0.29) is 17.4 Å². The smallest absolute Gasteiger partial charge is 0.318 e. The van der Waals surface area contributed by atoms with Gasteiger partial charge in [0.2, 0.25) is 0 Å². The third-order valence-electron chi connectivity index (χ3n) is 3.27. The van der Waals surface area contributed by atoms with E-state index in [1.165, 1.54) is 7.05 Å². The molecule has 0 saturated carbocycles. The van der Waals surface area contributed by atoms with E-state index in [4.69, 9.17) is 0 Å². The molecule has 1 aromatic heterocycles. The zero-order chi connectivity index (χ0) is 15.8. The summed E-state index contributed by atoms with van der Waals surface area (Å²) in [4.78, 5) is 24.3. The Hall–Kier alpha value is -2.09. The van der Waals surface area contributed by atoms with Crippen LogP contribution in [0.3, 0.4) is 0 Å². The molecule has 21 heavy (non-hydrogen) atoms. The Morgan fingerprint density at radius 3 is 2.48 bits per heavy atom. The summed E-state index contributed by atoms with van der Waals surface area (Å²) >= 11 is 0. The highest BCUT2D eigenvalue weighted by Crippen LogP contribution is 2.30. The summed E-state index contributed by atoms with van der Waals surface area (Å²) in [5.74, 6) is 0. The fourth-order valence-electron chi connectivity index (χ4n) is 2.10. The van der Waals surface area contributed by atoms with Crippen molar-refractivity contribution in [1.82, 2.24) is 14.5 Å². The largest absolute Gasteiger partial charge is 0.416 e. The molecule has 0 amide bonds. The summed E-state index contributed by atoms with van der Waals surface area (Å²) in [7, 11) is 3.02. The fourth-order valence-corrected chi connectivity index (χ4v) is 2.10. The molecular weight excluding hydrogens is 287 g/mol. The Bertz CT molecular complexity index is 790. The molecule has 0 bridgehead atoms. The Morgan fingerprint density at radius 1 is 1.24 bits per heavy atom. The van der Waals surface area contributed by atoms with Crippen molar-refractivity contribution < 1.29 is 13.2 Å². The highest BCUT2D eigenvalue weighted by Gasteiger charge is 2.31. The number of alkyl halides is 3. The van der Waals surface area contributed by atoms with Crippen molar-refractivity contribution in [3.05, 3.63) is 44.6 Å². The number of aryl methyl sites for hydroxylation is 1. The number of halogens is 3. The van der Waals surface area contributed by atoms with Gasteiger partial charge in [0.15, 0.2) is 0 Å². The van der Waals surface area contributed by atoms with Crippen LogP contribution in [0.15, 0.2) is 27.8 Å². The van der Waals surface area contributed by atoms with E-state index < -0.39 is 23.0 Å². The number of benzene rings is 1. The van der Waals surface area contributed by atoms with Crippen LogP contribution < -0.4 is 16.6 Å². The van der Waals surface area contributed by atoms with Crippen molar-refractivity contribution in [2.75, 3.05) is 13.6 Å². The van der Waals surface area contributed by atoms with E-state index in [2.05, 4.69) is 5.32 Å². The number of hydrogen-bond acceptors (Lipinski definition) is 3. The first-order valence-electron chi connectivity index (χ1n) is 6.22. The first kappa shape index (κ1) is 15.3. The van der Waals surface area contributed by atoms with Crippen LogP contribution in [0.1, 0.15) is 5.56 Å². The topological polar surface area (TPSA) is 56.0 Å². The lowest BCUT2D eigenvalue weighted by molar-refractivity contribution is -0.137. The fraction of sp³-hybridized carbons (Fsp3) is 0.385. The molecule has 0 aliphatic carbocycles. The second kappa shape index (κ2) is 5.36. The van der Waals surface area contributed by atoms with Gasteiger partial charge in [-0.25, -0.2) is 4.79 Å². The zero-order valence-electron chi connectivity index (χ0n) is 11.5. The molecular formula is C13H14F3N3O2. The number of fused-ring (bicyclic) bond motifs is 1. The van der Waals surface area contributed by atoms with Crippen molar-refractivity contribution in [3.63, 3.8) is 0 Å². The normalized spacial score (nSPS) is 12.0. The molecule has 0 aliphatic rings. The highest BCUT2D eigenvalue weighted by molar-refractivity contribution is 5.78. The SMILES string of the molecule is CNCCn1c(=O)c2ccc(C(F)(F)F)cc2n(C)c1=O. The predicted molar refractivity (Wildman–Crippen MR) is 72.4 cm³/mol. The maximum atomic E-state index is 12.7. The van der Waals surface area contributed by atoms with Gasteiger partial charge in [-0.15, -0.1) is 0 Å². The van der Waals surface area contributed by atoms with Crippen molar-refractivity contribution in [3.8, 4) is 0 Å². The summed E-state index contributed by atoms with van der Waals surface area (Å²) in [6.45, 7) is 0.556. The van der Waals surface area contributed by atoms with Crippen molar-refractivity contribution in [2.24, 2.45) is 7.05 Å². The van der Waals surface area contributed by atoms with Gasteiger partial charge in [0.05, 0.1) is 16.5 Å². The summed E-state index contributed by atoms with van der Waals surface area (Å²) in [5, 5.41) is 2.89. The minimum atomic E-state index is -4.52. The molecule has 0 aliphatic heterocycles. The van der Waals surface area contributed by atoms with Crippen molar-refractivity contribution >= 4 is 10.9 Å². The quantitative estimate of drug-likeness (QED) is 0.918. The number of rotatable bonds is 3. The molecule has 5 nitrogen and oxygen atoms in total. The van der Waals surface area contributed by atoms with Gasteiger partial charge < -0.3 is 5.32 Å². The highest BCUT2D eigenvalue weighted by atomic mass is 19.4. The van der Waals surface area contributed by atoms with E-state index in [1.54, 1.807) is 7.05 Å². The molecule has 0 radical (unpaired) electrons. The van der Waals surface area contributed by atoms with E-state index in [0.717, 1.165) is 27.3 Å². The molecule has 114 valence electrons. The van der Waals surface area contributed by atoms with E-state index in [0.29, 0.717) is 6.54 Å².